The number of nitrogens with zero attached hydrogens (tertiary/aromatic N) is 5. The first-order chi connectivity index (χ1) is 18.2. The average molecular weight is 519 g/mol. The molecule has 1 aliphatic rings. The van der Waals surface area contributed by atoms with E-state index in [-0.39, 0.29) is 11.6 Å². The van der Waals surface area contributed by atoms with Crippen LogP contribution >= 0.6 is 0 Å². The zero-order valence-electron chi connectivity index (χ0n) is 21.8. The van der Waals surface area contributed by atoms with E-state index >= 15 is 0 Å². The molecule has 1 aliphatic heterocycles. The number of aryl methyl sites for hydroxylation is 3. The Hall–Kier alpha value is -4.25. The van der Waals surface area contributed by atoms with Gasteiger partial charge in [0.25, 0.3) is 5.91 Å². The number of hydrogen-bond acceptors (Lipinski definition) is 8. The van der Waals surface area contributed by atoms with Gasteiger partial charge in [-0.3, -0.25) is 14.5 Å². The number of oxazole rings is 1. The summed E-state index contributed by atoms with van der Waals surface area (Å²) in [6.45, 7) is 5.05. The van der Waals surface area contributed by atoms with Gasteiger partial charge in [-0.25, -0.2) is 9.78 Å². The lowest BCUT2D eigenvalue weighted by atomic mass is 9.90. The second kappa shape index (κ2) is 10.3. The van der Waals surface area contributed by atoms with Gasteiger partial charge < -0.3 is 24.5 Å². The number of ether oxygens (including phenoxy) is 1. The third-order valence-electron chi connectivity index (χ3n) is 7.09. The summed E-state index contributed by atoms with van der Waals surface area (Å²) in [7, 11) is 3.32. The van der Waals surface area contributed by atoms with Crippen LogP contribution in [0, 0.1) is 19.8 Å². The Kier molecular flexibility index (Phi) is 6.85. The number of anilines is 2. The van der Waals surface area contributed by atoms with Crippen LogP contribution < -0.4 is 10.2 Å². The molecule has 1 amide bonds. The summed E-state index contributed by atoms with van der Waals surface area (Å²) in [4.78, 5) is 35.6. The van der Waals surface area contributed by atoms with Crippen molar-refractivity contribution in [1.29, 1.82) is 0 Å². The van der Waals surface area contributed by atoms with Gasteiger partial charge in [-0.2, -0.15) is 5.10 Å². The van der Waals surface area contributed by atoms with Crippen LogP contribution in [0.2, 0.25) is 0 Å². The number of rotatable bonds is 7. The largest absolute Gasteiger partial charge is 0.479 e. The van der Waals surface area contributed by atoms with Crippen molar-refractivity contribution in [1.82, 2.24) is 19.7 Å². The van der Waals surface area contributed by atoms with E-state index in [1.807, 2.05) is 43.8 Å². The van der Waals surface area contributed by atoms with Crippen LogP contribution in [0.5, 0.6) is 0 Å². The highest BCUT2D eigenvalue weighted by atomic mass is 16.5. The van der Waals surface area contributed by atoms with Crippen molar-refractivity contribution in [3.8, 4) is 11.5 Å². The number of hydrogen-bond donors (Lipinski definition) is 2. The molecule has 0 spiro atoms. The monoisotopic (exact) mass is 518 g/mol. The number of amides is 1. The summed E-state index contributed by atoms with van der Waals surface area (Å²) in [6, 6.07) is 7.57. The van der Waals surface area contributed by atoms with E-state index < -0.39 is 18.0 Å². The lowest BCUT2D eigenvalue weighted by Gasteiger charge is -2.36. The average Bonchev–Trinajstić information content (AvgIpc) is 3.49. The van der Waals surface area contributed by atoms with Crippen LogP contribution in [-0.4, -0.2) is 63.0 Å². The van der Waals surface area contributed by atoms with Gasteiger partial charge in [0.15, 0.2) is 11.8 Å². The van der Waals surface area contributed by atoms with Crippen LogP contribution in [0.25, 0.3) is 22.4 Å². The minimum atomic E-state index is -0.945. The summed E-state index contributed by atoms with van der Waals surface area (Å²) >= 11 is 0. The molecule has 0 bridgehead atoms. The molecule has 11 nitrogen and oxygen atoms in total. The Bertz CT molecular complexity index is 1500. The predicted octanol–water partition coefficient (Wildman–Crippen LogP) is 3.81. The molecule has 1 unspecified atom stereocenters. The first kappa shape index (κ1) is 25.4. The molecule has 4 heterocycles. The Morgan fingerprint density at radius 2 is 1.97 bits per heavy atom. The second-order valence-electron chi connectivity index (χ2n) is 9.59. The third kappa shape index (κ3) is 4.84. The SMILES string of the molecule is COC(C(=O)O)C1CCN(c2cc3c(cc2NC(=O)c2coc(-c4ccnc(C)c4)n2)c(C)nn3C)CC1. The minimum absolute atomic E-state index is 0.0835. The van der Waals surface area contributed by atoms with E-state index in [0.29, 0.717) is 37.5 Å². The van der Waals surface area contributed by atoms with Crippen molar-refractivity contribution in [2.24, 2.45) is 13.0 Å². The number of fused-ring (bicyclic) bond motifs is 1. The van der Waals surface area contributed by atoms with E-state index in [1.165, 1.54) is 13.4 Å². The fourth-order valence-electron chi connectivity index (χ4n) is 5.14. The minimum Gasteiger partial charge on any atom is -0.479 e. The number of benzene rings is 1. The first-order valence-corrected chi connectivity index (χ1v) is 12.4. The predicted molar refractivity (Wildman–Crippen MR) is 141 cm³/mol. The van der Waals surface area contributed by atoms with Gasteiger partial charge in [0.1, 0.15) is 6.26 Å². The number of carbonyl (C=O) groups excluding carboxylic acids is 1. The van der Waals surface area contributed by atoms with Gasteiger partial charge >= 0.3 is 5.97 Å². The molecular weight excluding hydrogens is 488 g/mol. The molecule has 0 radical (unpaired) electrons. The molecule has 4 aromatic rings. The molecule has 2 N–H and O–H groups in total. The lowest BCUT2D eigenvalue weighted by molar-refractivity contribution is -0.152. The molecule has 1 aromatic carbocycles. The number of piperidine rings is 1. The van der Waals surface area contributed by atoms with E-state index in [9.17, 15) is 14.7 Å². The van der Waals surface area contributed by atoms with Gasteiger partial charge in [-0.15, -0.1) is 0 Å². The zero-order chi connectivity index (χ0) is 27.0. The van der Waals surface area contributed by atoms with Crippen LogP contribution in [-0.2, 0) is 16.6 Å². The lowest BCUT2D eigenvalue weighted by Crippen LogP contribution is -2.41. The molecule has 1 atom stereocenters. The molecule has 11 heteroatoms. The molecule has 1 saturated heterocycles. The topological polar surface area (TPSA) is 136 Å². The summed E-state index contributed by atoms with van der Waals surface area (Å²) in [6.07, 6.45) is 3.48. The fourth-order valence-corrected chi connectivity index (χ4v) is 5.14. The van der Waals surface area contributed by atoms with Crippen LogP contribution in [0.15, 0.2) is 41.1 Å². The Morgan fingerprint density at radius 1 is 1.21 bits per heavy atom. The maximum atomic E-state index is 13.3. The number of aromatic nitrogens is 4. The number of methoxy groups -OCH3 is 1. The Labute approximate surface area is 219 Å². The molecule has 5 rings (SSSR count). The summed E-state index contributed by atoms with van der Waals surface area (Å²) in [5.74, 6) is -1.08. The Morgan fingerprint density at radius 3 is 2.66 bits per heavy atom. The summed E-state index contributed by atoms with van der Waals surface area (Å²) < 4.78 is 12.6. The van der Waals surface area contributed by atoms with Crippen molar-refractivity contribution in [2.75, 3.05) is 30.4 Å². The van der Waals surface area contributed by atoms with Gasteiger partial charge in [0.05, 0.1) is 22.6 Å². The van der Waals surface area contributed by atoms with Crippen molar-refractivity contribution in [3.05, 3.63) is 53.8 Å². The highest BCUT2D eigenvalue weighted by Gasteiger charge is 2.32. The fraction of sp³-hybridized carbons (Fsp3) is 0.370. The molecule has 0 aliphatic carbocycles. The number of carboxylic acids is 1. The van der Waals surface area contributed by atoms with Crippen molar-refractivity contribution < 1.29 is 23.8 Å². The van der Waals surface area contributed by atoms with Crippen molar-refractivity contribution in [2.45, 2.75) is 32.8 Å². The van der Waals surface area contributed by atoms with E-state index in [0.717, 1.165) is 33.5 Å². The number of pyridine rings is 1. The molecule has 198 valence electrons. The van der Waals surface area contributed by atoms with E-state index in [4.69, 9.17) is 9.15 Å². The van der Waals surface area contributed by atoms with E-state index in [2.05, 4.69) is 25.3 Å². The summed E-state index contributed by atoms with van der Waals surface area (Å²) in [5, 5.41) is 18.0. The quantitative estimate of drug-likeness (QED) is 0.374. The Balaban J connectivity index is 1.43. The van der Waals surface area contributed by atoms with E-state index in [1.54, 1.807) is 12.3 Å². The van der Waals surface area contributed by atoms with Gasteiger partial charge in [-0.05, 0) is 56.9 Å². The number of carboxylic acid groups (broad SMARTS) is 1. The molecule has 0 saturated carbocycles. The van der Waals surface area contributed by atoms with Gasteiger partial charge in [0, 0.05) is 50.1 Å². The number of aliphatic carboxylic acids is 1. The molecule has 3 aromatic heterocycles. The third-order valence-corrected chi connectivity index (χ3v) is 7.09. The molecule has 38 heavy (non-hydrogen) atoms. The second-order valence-corrected chi connectivity index (χ2v) is 9.59. The van der Waals surface area contributed by atoms with Crippen molar-refractivity contribution in [3.63, 3.8) is 0 Å². The van der Waals surface area contributed by atoms with Crippen LogP contribution in [0.4, 0.5) is 11.4 Å². The maximum Gasteiger partial charge on any atom is 0.333 e. The highest BCUT2D eigenvalue weighted by molar-refractivity contribution is 6.06. The number of nitrogens with one attached hydrogen (secondary N) is 1. The van der Waals surface area contributed by atoms with Gasteiger partial charge in [-0.1, -0.05) is 0 Å². The van der Waals surface area contributed by atoms with Crippen LogP contribution in [0.3, 0.4) is 0 Å². The smallest absolute Gasteiger partial charge is 0.333 e. The molecule has 1 fully saturated rings. The van der Waals surface area contributed by atoms with Crippen LogP contribution in [0.1, 0.15) is 34.7 Å². The summed E-state index contributed by atoms with van der Waals surface area (Å²) in [5.41, 5.74) is 4.97. The standard InChI is InChI=1S/C27H30N6O5/c1-15-11-18(5-8-28-15)26-30-21(14-38-26)25(34)29-20-12-19-16(2)31-32(3)22(19)13-23(20)33-9-6-17(7-10-33)24(37-4)27(35)36/h5,8,11-14,17,24H,6-7,9-10H2,1-4H3,(H,29,34)(H,35,36). The first-order valence-electron chi connectivity index (χ1n) is 12.4. The molecular formula is C27H30N6O5. The number of carbonyl (C=O) groups is 2. The van der Waals surface area contributed by atoms with Crippen molar-refractivity contribution >= 4 is 34.2 Å². The zero-order valence-corrected chi connectivity index (χ0v) is 21.8. The normalized spacial score (nSPS) is 15.1. The van der Waals surface area contributed by atoms with Gasteiger partial charge in [0.2, 0.25) is 5.89 Å². The highest BCUT2D eigenvalue weighted by Crippen LogP contribution is 2.36. The maximum absolute atomic E-state index is 13.3.